The summed E-state index contributed by atoms with van der Waals surface area (Å²) in [7, 11) is 0. The highest BCUT2D eigenvalue weighted by molar-refractivity contribution is 5.89. The molecule has 0 spiro atoms. The number of rotatable bonds is 2. The van der Waals surface area contributed by atoms with Gasteiger partial charge in [-0.1, -0.05) is 0 Å². The van der Waals surface area contributed by atoms with Gasteiger partial charge < -0.3 is 20.2 Å². The van der Waals surface area contributed by atoms with E-state index < -0.39 is 6.10 Å². The average Bonchev–Trinajstić information content (AvgIpc) is 3.10. The number of piperazine rings is 1. The molecule has 3 fully saturated rings. The Hall–Kier alpha value is -1.14. The number of nitrogens with zero attached hydrogens (tertiary/aromatic N) is 2. The van der Waals surface area contributed by atoms with Gasteiger partial charge in [0.05, 0.1) is 18.7 Å². The number of hydrogen-bond donors (Lipinski definition) is 2. The maximum atomic E-state index is 12.2. The van der Waals surface area contributed by atoms with Crippen molar-refractivity contribution in [2.75, 3.05) is 26.2 Å². The Morgan fingerprint density at radius 3 is 2.67 bits per heavy atom. The molecule has 0 aromatic rings. The summed E-state index contributed by atoms with van der Waals surface area (Å²) in [6.07, 6.45) is 2.23. The zero-order chi connectivity index (χ0) is 12.7. The van der Waals surface area contributed by atoms with Gasteiger partial charge >= 0.3 is 0 Å². The van der Waals surface area contributed by atoms with Gasteiger partial charge in [0.15, 0.2) is 0 Å². The molecule has 0 aromatic carbocycles. The van der Waals surface area contributed by atoms with Crippen LogP contribution >= 0.6 is 0 Å². The first-order valence-electron chi connectivity index (χ1n) is 6.65. The van der Waals surface area contributed by atoms with E-state index in [4.69, 9.17) is 0 Å². The minimum atomic E-state index is -0.442. The fourth-order valence-electron chi connectivity index (χ4n) is 2.77. The Kier molecular flexibility index (Phi) is 2.99. The third-order valence-corrected chi connectivity index (χ3v) is 3.96. The number of aliphatic hydroxyl groups excluding tert-OH is 1. The number of nitrogens with one attached hydrogen (secondary N) is 1. The highest BCUT2D eigenvalue weighted by Crippen LogP contribution is 2.28. The molecule has 0 aromatic heterocycles. The predicted octanol–water partition coefficient (Wildman–Crippen LogP) is -1.46. The lowest BCUT2D eigenvalue weighted by Crippen LogP contribution is -2.56. The minimum absolute atomic E-state index is 0.0460. The average molecular weight is 253 g/mol. The number of carbonyl (C=O) groups excluding carboxylic acids is 2. The van der Waals surface area contributed by atoms with E-state index in [9.17, 15) is 14.7 Å². The Bertz CT molecular complexity index is 370. The molecule has 2 saturated heterocycles. The SMILES string of the molecule is O=C([C@H]1C[C@H](O)CN1)N1CCN(C2CC2)C(=O)C1. The second-order valence-corrected chi connectivity index (χ2v) is 5.43. The molecule has 6 heteroatoms. The van der Waals surface area contributed by atoms with Crippen LogP contribution in [0.25, 0.3) is 0 Å². The van der Waals surface area contributed by atoms with Crippen LogP contribution in [0.1, 0.15) is 19.3 Å². The molecule has 2 atom stereocenters. The Morgan fingerprint density at radius 2 is 2.11 bits per heavy atom. The summed E-state index contributed by atoms with van der Waals surface area (Å²) >= 11 is 0. The van der Waals surface area contributed by atoms with Crippen molar-refractivity contribution in [3.63, 3.8) is 0 Å². The zero-order valence-corrected chi connectivity index (χ0v) is 10.3. The molecule has 1 aliphatic carbocycles. The molecule has 100 valence electrons. The highest BCUT2D eigenvalue weighted by Gasteiger charge is 2.39. The summed E-state index contributed by atoms with van der Waals surface area (Å²) in [6.45, 7) is 1.94. The number of aliphatic hydroxyl groups is 1. The Labute approximate surface area is 106 Å². The van der Waals surface area contributed by atoms with Crippen molar-refractivity contribution in [1.29, 1.82) is 0 Å². The van der Waals surface area contributed by atoms with Crippen molar-refractivity contribution in [3.8, 4) is 0 Å². The zero-order valence-electron chi connectivity index (χ0n) is 10.3. The van der Waals surface area contributed by atoms with E-state index in [2.05, 4.69) is 5.32 Å². The smallest absolute Gasteiger partial charge is 0.242 e. The molecule has 6 nitrogen and oxygen atoms in total. The van der Waals surface area contributed by atoms with E-state index in [0.717, 1.165) is 12.8 Å². The van der Waals surface area contributed by atoms with E-state index in [1.54, 1.807) is 4.90 Å². The van der Waals surface area contributed by atoms with Crippen LogP contribution in [0, 0.1) is 0 Å². The third kappa shape index (κ3) is 2.22. The van der Waals surface area contributed by atoms with Crippen molar-refractivity contribution < 1.29 is 14.7 Å². The Balaban J connectivity index is 1.57. The van der Waals surface area contributed by atoms with Crippen molar-refractivity contribution in [2.45, 2.75) is 37.5 Å². The van der Waals surface area contributed by atoms with Gasteiger partial charge in [0.25, 0.3) is 0 Å². The van der Waals surface area contributed by atoms with Crippen molar-refractivity contribution in [1.82, 2.24) is 15.1 Å². The van der Waals surface area contributed by atoms with Crippen LogP contribution in [-0.4, -0.2) is 71.1 Å². The topological polar surface area (TPSA) is 72.9 Å². The van der Waals surface area contributed by atoms with E-state index in [1.807, 2.05) is 4.90 Å². The van der Waals surface area contributed by atoms with Gasteiger partial charge in [-0.3, -0.25) is 9.59 Å². The first-order chi connectivity index (χ1) is 8.65. The van der Waals surface area contributed by atoms with E-state index in [0.29, 0.717) is 32.1 Å². The summed E-state index contributed by atoms with van der Waals surface area (Å²) in [5.74, 6) is 0.0194. The molecule has 18 heavy (non-hydrogen) atoms. The van der Waals surface area contributed by atoms with Crippen LogP contribution in [0.5, 0.6) is 0 Å². The van der Waals surface area contributed by atoms with Crippen LogP contribution in [0.2, 0.25) is 0 Å². The van der Waals surface area contributed by atoms with Gasteiger partial charge in [0, 0.05) is 25.7 Å². The summed E-state index contributed by atoms with van der Waals surface area (Å²) in [6, 6.07) is 0.112. The number of amides is 2. The Morgan fingerprint density at radius 1 is 1.33 bits per heavy atom. The standard InChI is InChI=1S/C12H19N3O3/c16-9-5-10(13-6-9)12(18)14-3-4-15(8-1-2-8)11(17)7-14/h8-10,13,16H,1-7H2/t9-,10+/m0/s1. The lowest BCUT2D eigenvalue weighted by Gasteiger charge is -2.35. The predicted molar refractivity (Wildman–Crippen MR) is 63.7 cm³/mol. The van der Waals surface area contributed by atoms with Gasteiger partial charge in [-0.2, -0.15) is 0 Å². The van der Waals surface area contributed by atoms with Gasteiger partial charge in [-0.15, -0.1) is 0 Å². The van der Waals surface area contributed by atoms with Crippen LogP contribution in [0.4, 0.5) is 0 Å². The molecule has 2 aliphatic heterocycles. The fraction of sp³-hybridized carbons (Fsp3) is 0.833. The van der Waals surface area contributed by atoms with Crippen LogP contribution in [0.3, 0.4) is 0 Å². The molecule has 2 heterocycles. The lowest BCUT2D eigenvalue weighted by atomic mass is 10.1. The molecule has 1 saturated carbocycles. The highest BCUT2D eigenvalue weighted by atomic mass is 16.3. The van der Waals surface area contributed by atoms with E-state index in [1.165, 1.54) is 0 Å². The van der Waals surface area contributed by atoms with Crippen LogP contribution < -0.4 is 5.32 Å². The largest absolute Gasteiger partial charge is 0.392 e. The monoisotopic (exact) mass is 253 g/mol. The summed E-state index contributed by atoms with van der Waals surface area (Å²) in [5.41, 5.74) is 0. The van der Waals surface area contributed by atoms with E-state index in [-0.39, 0.29) is 24.4 Å². The number of β-amino-alcohol motifs (C(OH)–C–C–N with tert-alkyl or cyclic N) is 1. The molecule has 0 radical (unpaired) electrons. The van der Waals surface area contributed by atoms with Gasteiger partial charge in [0.1, 0.15) is 0 Å². The number of hydrogen-bond acceptors (Lipinski definition) is 4. The maximum Gasteiger partial charge on any atom is 0.242 e. The van der Waals surface area contributed by atoms with Crippen LogP contribution in [-0.2, 0) is 9.59 Å². The molecule has 2 amide bonds. The van der Waals surface area contributed by atoms with Gasteiger partial charge in [0.2, 0.25) is 11.8 Å². The summed E-state index contributed by atoms with van der Waals surface area (Å²) in [5, 5.41) is 12.4. The van der Waals surface area contributed by atoms with Crippen molar-refractivity contribution in [2.24, 2.45) is 0 Å². The van der Waals surface area contributed by atoms with Crippen LogP contribution in [0.15, 0.2) is 0 Å². The minimum Gasteiger partial charge on any atom is -0.392 e. The summed E-state index contributed by atoms with van der Waals surface area (Å²) in [4.78, 5) is 27.6. The molecule has 0 bridgehead atoms. The molecular formula is C12H19N3O3. The second kappa shape index (κ2) is 4.51. The molecule has 3 rings (SSSR count). The van der Waals surface area contributed by atoms with Gasteiger partial charge in [-0.05, 0) is 19.3 Å². The number of carbonyl (C=O) groups is 2. The molecule has 0 unspecified atom stereocenters. The molecule has 2 N–H and O–H groups in total. The molecular weight excluding hydrogens is 234 g/mol. The first kappa shape index (κ1) is 11.9. The quantitative estimate of drug-likeness (QED) is 0.631. The normalized spacial score (nSPS) is 33.1. The molecule has 3 aliphatic rings. The third-order valence-electron chi connectivity index (χ3n) is 3.96. The lowest BCUT2D eigenvalue weighted by molar-refractivity contribution is -0.146. The van der Waals surface area contributed by atoms with E-state index >= 15 is 0 Å². The van der Waals surface area contributed by atoms with Crippen molar-refractivity contribution >= 4 is 11.8 Å². The van der Waals surface area contributed by atoms with Crippen molar-refractivity contribution in [3.05, 3.63) is 0 Å². The van der Waals surface area contributed by atoms with Gasteiger partial charge in [-0.25, -0.2) is 0 Å². The maximum absolute atomic E-state index is 12.2. The summed E-state index contributed by atoms with van der Waals surface area (Å²) < 4.78 is 0. The second-order valence-electron chi connectivity index (χ2n) is 5.43. The fourth-order valence-corrected chi connectivity index (χ4v) is 2.77. The first-order valence-corrected chi connectivity index (χ1v) is 6.65.